The molecule has 0 bridgehead atoms. The fourth-order valence-electron chi connectivity index (χ4n) is 3.68. The lowest BCUT2D eigenvalue weighted by molar-refractivity contribution is -0.142. The van der Waals surface area contributed by atoms with Crippen molar-refractivity contribution in [1.82, 2.24) is 10.6 Å². The standard InChI is InChI=1S/C25H34N2O7S/c1-5-7-8-18(24(30)27-19(25(31)32)11-12-35-4)26-21(28)14-33-20-10-9-17-16(6-2)13-22(29)34-23(17)15(20)3/h9-10,13,18-19H,5-8,11-12,14H2,1-4H3,(H,26,28)(H,27,30)(H,31,32). The molecule has 192 valence electrons. The molecule has 0 aliphatic carbocycles. The first kappa shape index (κ1) is 28.2. The molecular formula is C25H34N2O7S. The number of rotatable bonds is 14. The van der Waals surface area contributed by atoms with E-state index in [0.717, 1.165) is 17.4 Å². The zero-order chi connectivity index (χ0) is 26.0. The molecule has 0 fully saturated rings. The lowest BCUT2D eigenvalue weighted by Gasteiger charge is -2.21. The van der Waals surface area contributed by atoms with E-state index >= 15 is 0 Å². The van der Waals surface area contributed by atoms with Crippen molar-refractivity contribution in [3.8, 4) is 5.75 Å². The molecule has 2 atom stereocenters. The molecule has 0 saturated carbocycles. The van der Waals surface area contributed by atoms with Crippen LogP contribution in [0.1, 0.15) is 50.7 Å². The van der Waals surface area contributed by atoms with Crippen LogP contribution in [0, 0.1) is 6.92 Å². The van der Waals surface area contributed by atoms with Gasteiger partial charge in [0.25, 0.3) is 5.91 Å². The normalized spacial score (nSPS) is 12.7. The SMILES string of the molecule is CCCCC(NC(=O)COc1ccc2c(CC)cc(=O)oc2c1C)C(=O)NC(CCSC)C(=O)O. The van der Waals surface area contributed by atoms with Crippen molar-refractivity contribution in [3.63, 3.8) is 0 Å². The Morgan fingerprint density at radius 3 is 2.51 bits per heavy atom. The summed E-state index contributed by atoms with van der Waals surface area (Å²) in [6.07, 6.45) is 4.69. The van der Waals surface area contributed by atoms with Crippen LogP contribution < -0.4 is 21.0 Å². The average Bonchev–Trinajstić information content (AvgIpc) is 2.83. The van der Waals surface area contributed by atoms with Crippen molar-refractivity contribution in [2.45, 2.75) is 65.0 Å². The van der Waals surface area contributed by atoms with Crippen molar-refractivity contribution >= 4 is 40.5 Å². The van der Waals surface area contributed by atoms with Gasteiger partial charge in [0.15, 0.2) is 6.61 Å². The van der Waals surface area contributed by atoms with Gasteiger partial charge in [0.1, 0.15) is 23.4 Å². The number of carboxylic acid groups (broad SMARTS) is 1. The summed E-state index contributed by atoms with van der Waals surface area (Å²) in [6, 6.07) is 3.08. The second-order valence-corrected chi connectivity index (χ2v) is 9.23. The van der Waals surface area contributed by atoms with Gasteiger partial charge < -0.3 is 24.9 Å². The van der Waals surface area contributed by atoms with Gasteiger partial charge >= 0.3 is 11.6 Å². The molecule has 2 amide bonds. The third kappa shape index (κ3) is 8.02. The number of carboxylic acids is 1. The number of aryl methyl sites for hydroxylation is 2. The molecule has 0 aliphatic rings. The van der Waals surface area contributed by atoms with Crippen LogP contribution in [0.4, 0.5) is 0 Å². The predicted molar refractivity (Wildman–Crippen MR) is 136 cm³/mol. The van der Waals surface area contributed by atoms with E-state index < -0.39 is 35.5 Å². The van der Waals surface area contributed by atoms with Crippen LogP contribution in [0.5, 0.6) is 5.75 Å². The van der Waals surface area contributed by atoms with E-state index in [1.807, 2.05) is 20.1 Å². The smallest absolute Gasteiger partial charge is 0.336 e. The Labute approximate surface area is 209 Å². The molecular weight excluding hydrogens is 472 g/mol. The van der Waals surface area contributed by atoms with Crippen molar-refractivity contribution in [3.05, 3.63) is 39.7 Å². The zero-order valence-corrected chi connectivity index (χ0v) is 21.5. The number of fused-ring (bicyclic) bond motifs is 1. The second-order valence-electron chi connectivity index (χ2n) is 8.24. The van der Waals surface area contributed by atoms with Crippen LogP contribution in [-0.2, 0) is 20.8 Å². The van der Waals surface area contributed by atoms with Crippen molar-refractivity contribution in [2.24, 2.45) is 0 Å². The van der Waals surface area contributed by atoms with E-state index in [1.54, 1.807) is 19.1 Å². The van der Waals surface area contributed by atoms with Gasteiger partial charge in [-0.15, -0.1) is 0 Å². The van der Waals surface area contributed by atoms with Crippen LogP contribution in [0.25, 0.3) is 11.0 Å². The van der Waals surface area contributed by atoms with Gasteiger partial charge in [0.2, 0.25) is 5.91 Å². The number of hydrogen-bond acceptors (Lipinski definition) is 7. The van der Waals surface area contributed by atoms with Crippen LogP contribution in [0.15, 0.2) is 27.4 Å². The summed E-state index contributed by atoms with van der Waals surface area (Å²) in [5.41, 5.74) is 1.43. The molecule has 2 rings (SSSR count). The van der Waals surface area contributed by atoms with Crippen molar-refractivity contribution in [1.29, 1.82) is 0 Å². The summed E-state index contributed by atoms with van der Waals surface area (Å²) in [5, 5.41) is 15.4. The highest BCUT2D eigenvalue weighted by Crippen LogP contribution is 2.28. The molecule has 1 aromatic heterocycles. The first-order valence-electron chi connectivity index (χ1n) is 11.7. The number of carbonyl (C=O) groups is 3. The first-order chi connectivity index (χ1) is 16.7. The lowest BCUT2D eigenvalue weighted by atomic mass is 10.0. The third-order valence-electron chi connectivity index (χ3n) is 5.66. The Balaban J connectivity index is 2.09. The molecule has 3 N–H and O–H groups in total. The minimum atomic E-state index is -1.11. The number of unbranched alkanes of at least 4 members (excludes halogenated alkanes) is 1. The highest BCUT2D eigenvalue weighted by Gasteiger charge is 2.26. The number of aliphatic carboxylic acids is 1. The zero-order valence-electron chi connectivity index (χ0n) is 20.6. The molecule has 10 heteroatoms. The maximum atomic E-state index is 12.8. The molecule has 0 radical (unpaired) electrons. The lowest BCUT2D eigenvalue weighted by Crippen LogP contribution is -2.52. The van der Waals surface area contributed by atoms with Crippen LogP contribution >= 0.6 is 11.8 Å². The van der Waals surface area contributed by atoms with Gasteiger partial charge in [0, 0.05) is 17.0 Å². The maximum absolute atomic E-state index is 12.8. The summed E-state index contributed by atoms with van der Waals surface area (Å²) in [5.74, 6) is -1.18. The van der Waals surface area contributed by atoms with Crippen LogP contribution in [0.2, 0.25) is 0 Å². The highest BCUT2D eigenvalue weighted by molar-refractivity contribution is 7.98. The minimum absolute atomic E-state index is 0.289. The Morgan fingerprint density at radius 1 is 1.14 bits per heavy atom. The van der Waals surface area contributed by atoms with Crippen molar-refractivity contribution in [2.75, 3.05) is 18.6 Å². The Morgan fingerprint density at radius 2 is 1.89 bits per heavy atom. The van der Waals surface area contributed by atoms with E-state index in [0.29, 0.717) is 41.9 Å². The maximum Gasteiger partial charge on any atom is 0.336 e. The average molecular weight is 507 g/mol. The Kier molecular flexibility index (Phi) is 11.1. The van der Waals surface area contributed by atoms with Gasteiger partial charge in [0.05, 0.1) is 0 Å². The number of carbonyl (C=O) groups excluding carboxylic acids is 2. The highest BCUT2D eigenvalue weighted by atomic mass is 32.2. The first-order valence-corrected chi connectivity index (χ1v) is 13.1. The predicted octanol–water partition coefficient (Wildman–Crippen LogP) is 3.04. The molecule has 0 aliphatic heterocycles. The van der Waals surface area contributed by atoms with Crippen molar-refractivity contribution < 1.29 is 28.6 Å². The number of nitrogens with one attached hydrogen (secondary N) is 2. The van der Waals surface area contributed by atoms with E-state index in [1.165, 1.54) is 17.8 Å². The molecule has 35 heavy (non-hydrogen) atoms. The molecule has 9 nitrogen and oxygen atoms in total. The fraction of sp³-hybridized carbons (Fsp3) is 0.520. The van der Waals surface area contributed by atoms with E-state index in [2.05, 4.69) is 10.6 Å². The number of thioether (sulfide) groups is 1. The largest absolute Gasteiger partial charge is 0.483 e. The van der Waals surface area contributed by atoms with Crippen LogP contribution in [0.3, 0.4) is 0 Å². The molecule has 0 spiro atoms. The third-order valence-corrected chi connectivity index (χ3v) is 6.30. The molecule has 2 aromatic rings. The minimum Gasteiger partial charge on any atom is -0.483 e. The molecule has 2 unspecified atom stereocenters. The summed E-state index contributed by atoms with van der Waals surface area (Å²) in [4.78, 5) is 48.7. The van der Waals surface area contributed by atoms with Gasteiger partial charge in [-0.1, -0.05) is 26.7 Å². The number of ether oxygens (including phenoxy) is 1. The summed E-state index contributed by atoms with van der Waals surface area (Å²) < 4.78 is 11.0. The van der Waals surface area contributed by atoms with Gasteiger partial charge in [-0.05, 0) is 55.9 Å². The Bertz CT molecular complexity index is 1100. The quantitative estimate of drug-likeness (QED) is 0.333. The van der Waals surface area contributed by atoms with Gasteiger partial charge in [-0.25, -0.2) is 9.59 Å². The number of hydrogen-bond donors (Lipinski definition) is 3. The van der Waals surface area contributed by atoms with Crippen LogP contribution in [-0.4, -0.2) is 53.6 Å². The summed E-state index contributed by atoms with van der Waals surface area (Å²) in [6.45, 7) is 5.30. The summed E-state index contributed by atoms with van der Waals surface area (Å²) >= 11 is 1.49. The monoisotopic (exact) mass is 506 g/mol. The van der Waals surface area contributed by atoms with E-state index in [4.69, 9.17) is 9.15 Å². The number of amides is 2. The fourth-order valence-corrected chi connectivity index (χ4v) is 4.15. The molecule has 0 saturated heterocycles. The van der Waals surface area contributed by atoms with Gasteiger partial charge in [-0.3, -0.25) is 9.59 Å². The number of benzene rings is 1. The summed E-state index contributed by atoms with van der Waals surface area (Å²) in [7, 11) is 0. The Hall–Kier alpha value is -3.01. The topological polar surface area (TPSA) is 135 Å². The molecule has 1 heterocycles. The van der Waals surface area contributed by atoms with E-state index in [-0.39, 0.29) is 13.0 Å². The second kappa shape index (κ2) is 13.8. The van der Waals surface area contributed by atoms with E-state index in [9.17, 15) is 24.3 Å². The molecule has 1 aromatic carbocycles. The van der Waals surface area contributed by atoms with Gasteiger partial charge in [-0.2, -0.15) is 11.8 Å².